The first-order valence-electron chi connectivity index (χ1n) is 9.57. The van der Waals surface area contributed by atoms with Gasteiger partial charge in [0.15, 0.2) is 0 Å². The Morgan fingerprint density at radius 3 is 2.29 bits per heavy atom. The lowest BCUT2D eigenvalue weighted by atomic mass is 9.98. The molecule has 0 amide bonds. The number of ether oxygens (including phenoxy) is 2. The number of fused-ring (bicyclic) bond motifs is 1. The molecule has 4 rings (SSSR count). The first-order chi connectivity index (χ1) is 15.0. The van der Waals surface area contributed by atoms with Gasteiger partial charge in [-0.1, -0.05) is 54.6 Å². The molecule has 0 atom stereocenters. The number of carboxylic acid groups (broad SMARTS) is 1. The third-order valence-corrected chi connectivity index (χ3v) is 4.96. The molecule has 0 saturated carbocycles. The van der Waals surface area contributed by atoms with Crippen molar-refractivity contribution in [3.05, 3.63) is 82.6 Å². The lowest BCUT2D eigenvalue weighted by Gasteiger charge is -2.15. The fourth-order valence-electron chi connectivity index (χ4n) is 3.50. The molecule has 7 nitrogen and oxygen atoms in total. The van der Waals surface area contributed by atoms with Crippen LogP contribution < -0.4 is 15.0 Å². The Hall–Kier alpha value is -4.13. The average Bonchev–Trinajstić information content (AvgIpc) is 2.79. The highest BCUT2D eigenvalue weighted by atomic mass is 16.5. The van der Waals surface area contributed by atoms with E-state index in [1.54, 1.807) is 36.4 Å². The van der Waals surface area contributed by atoms with Gasteiger partial charge in [-0.3, -0.25) is 9.59 Å². The van der Waals surface area contributed by atoms with Gasteiger partial charge in [0.1, 0.15) is 11.4 Å². The molecule has 2 aromatic carbocycles. The highest BCUT2D eigenvalue weighted by Gasteiger charge is 2.19. The van der Waals surface area contributed by atoms with E-state index in [0.717, 1.165) is 5.56 Å². The lowest BCUT2D eigenvalue weighted by Crippen LogP contribution is -2.20. The summed E-state index contributed by atoms with van der Waals surface area (Å²) in [6.45, 7) is 0. The Balaban J connectivity index is 2.03. The van der Waals surface area contributed by atoms with E-state index in [1.807, 2.05) is 30.3 Å². The summed E-state index contributed by atoms with van der Waals surface area (Å²) < 4.78 is 12.2. The van der Waals surface area contributed by atoms with Crippen molar-refractivity contribution in [2.24, 2.45) is 0 Å². The molecule has 0 fully saturated rings. The minimum absolute atomic E-state index is 0.0889. The SMILES string of the molecule is COc1cc(OC)n2c(=O)c(-c3ccc(CC(=O)O)cc3)c(-c3ccccc3)nc2c1. The molecule has 2 aromatic heterocycles. The van der Waals surface area contributed by atoms with E-state index in [1.165, 1.54) is 18.6 Å². The second kappa shape index (κ2) is 8.31. The summed E-state index contributed by atoms with van der Waals surface area (Å²) >= 11 is 0. The zero-order valence-corrected chi connectivity index (χ0v) is 17.0. The monoisotopic (exact) mass is 416 g/mol. The van der Waals surface area contributed by atoms with Crippen molar-refractivity contribution in [1.82, 2.24) is 9.38 Å². The minimum Gasteiger partial charge on any atom is -0.496 e. The lowest BCUT2D eigenvalue weighted by molar-refractivity contribution is -0.136. The summed E-state index contributed by atoms with van der Waals surface area (Å²) in [4.78, 5) is 29.5. The van der Waals surface area contributed by atoms with Crippen LogP contribution in [0, 0.1) is 0 Å². The largest absolute Gasteiger partial charge is 0.496 e. The summed E-state index contributed by atoms with van der Waals surface area (Å²) in [6, 6.07) is 19.6. The molecular weight excluding hydrogens is 396 g/mol. The van der Waals surface area contributed by atoms with Crippen LogP contribution in [0.3, 0.4) is 0 Å². The average molecular weight is 416 g/mol. The maximum absolute atomic E-state index is 13.7. The first kappa shape index (κ1) is 20.2. The Morgan fingerprint density at radius 1 is 0.968 bits per heavy atom. The molecule has 31 heavy (non-hydrogen) atoms. The highest BCUT2D eigenvalue weighted by molar-refractivity contribution is 5.82. The minimum atomic E-state index is -0.913. The number of aromatic nitrogens is 2. The number of hydrogen-bond acceptors (Lipinski definition) is 5. The fourth-order valence-corrected chi connectivity index (χ4v) is 3.50. The molecule has 0 saturated heterocycles. The second-order valence-corrected chi connectivity index (χ2v) is 6.91. The van der Waals surface area contributed by atoms with Crippen molar-refractivity contribution >= 4 is 11.6 Å². The molecule has 7 heteroatoms. The smallest absolute Gasteiger partial charge is 0.307 e. The van der Waals surface area contributed by atoms with Crippen molar-refractivity contribution in [3.63, 3.8) is 0 Å². The van der Waals surface area contributed by atoms with E-state index in [2.05, 4.69) is 0 Å². The summed E-state index contributed by atoms with van der Waals surface area (Å²) in [5, 5.41) is 9.02. The van der Waals surface area contributed by atoms with Crippen molar-refractivity contribution in [2.75, 3.05) is 14.2 Å². The number of carbonyl (C=O) groups is 1. The van der Waals surface area contributed by atoms with Gasteiger partial charge in [-0.25, -0.2) is 9.38 Å². The van der Waals surface area contributed by atoms with Gasteiger partial charge in [-0.15, -0.1) is 0 Å². The van der Waals surface area contributed by atoms with Crippen molar-refractivity contribution < 1.29 is 19.4 Å². The van der Waals surface area contributed by atoms with E-state index in [4.69, 9.17) is 19.6 Å². The molecule has 0 aliphatic heterocycles. The third-order valence-electron chi connectivity index (χ3n) is 4.96. The number of rotatable bonds is 6. The third kappa shape index (κ3) is 3.85. The second-order valence-electron chi connectivity index (χ2n) is 6.91. The van der Waals surface area contributed by atoms with E-state index in [-0.39, 0.29) is 12.0 Å². The maximum atomic E-state index is 13.7. The zero-order valence-electron chi connectivity index (χ0n) is 17.0. The van der Waals surface area contributed by atoms with Gasteiger partial charge in [0.05, 0.1) is 31.9 Å². The predicted octanol–water partition coefficient (Wildman–Crippen LogP) is 3.67. The number of methoxy groups -OCH3 is 2. The Kier molecular flexibility index (Phi) is 5.41. The Bertz CT molecular complexity index is 1310. The van der Waals surface area contributed by atoms with Crippen LogP contribution in [-0.4, -0.2) is 34.7 Å². The van der Waals surface area contributed by atoms with Crippen LogP contribution in [0.25, 0.3) is 28.0 Å². The van der Waals surface area contributed by atoms with Gasteiger partial charge in [0, 0.05) is 17.7 Å². The first-order valence-corrected chi connectivity index (χ1v) is 9.57. The van der Waals surface area contributed by atoms with Crippen LogP contribution >= 0.6 is 0 Å². The number of aliphatic carboxylic acids is 1. The zero-order chi connectivity index (χ0) is 22.0. The molecule has 0 aliphatic carbocycles. The topological polar surface area (TPSA) is 90.1 Å². The molecule has 4 aromatic rings. The number of benzene rings is 2. The molecule has 0 aliphatic rings. The van der Waals surface area contributed by atoms with Gasteiger partial charge < -0.3 is 14.6 Å². The molecule has 0 unspecified atom stereocenters. The predicted molar refractivity (Wildman–Crippen MR) is 117 cm³/mol. The van der Waals surface area contributed by atoms with Crippen LogP contribution in [0.5, 0.6) is 11.6 Å². The standard InChI is InChI=1S/C24H20N2O5/c1-30-18-13-19-25-23(17-6-4-3-5-7-17)22(24(29)26(19)20(14-18)31-2)16-10-8-15(9-11-16)12-21(27)28/h3-11,13-14H,12H2,1-2H3,(H,27,28). The highest BCUT2D eigenvalue weighted by Crippen LogP contribution is 2.31. The fraction of sp³-hybridized carbons (Fsp3) is 0.125. The molecule has 0 radical (unpaired) electrons. The summed E-state index contributed by atoms with van der Waals surface area (Å²) in [6.07, 6.45) is -0.0889. The van der Waals surface area contributed by atoms with Gasteiger partial charge in [0.25, 0.3) is 5.56 Å². The van der Waals surface area contributed by atoms with Crippen LogP contribution in [0.2, 0.25) is 0 Å². The molecule has 0 spiro atoms. The van der Waals surface area contributed by atoms with Crippen molar-refractivity contribution in [2.45, 2.75) is 6.42 Å². The molecule has 0 bridgehead atoms. The number of carboxylic acids is 1. The quantitative estimate of drug-likeness (QED) is 0.516. The van der Waals surface area contributed by atoms with Crippen LogP contribution in [0.4, 0.5) is 0 Å². The molecule has 156 valence electrons. The van der Waals surface area contributed by atoms with Crippen LogP contribution in [0.15, 0.2) is 71.5 Å². The molecule has 1 N–H and O–H groups in total. The number of nitrogens with zero attached hydrogens (tertiary/aromatic N) is 2. The van der Waals surface area contributed by atoms with Gasteiger partial charge in [-0.05, 0) is 11.1 Å². The van der Waals surface area contributed by atoms with Gasteiger partial charge in [-0.2, -0.15) is 0 Å². The Labute approximate surface area is 178 Å². The maximum Gasteiger partial charge on any atom is 0.307 e. The van der Waals surface area contributed by atoms with Crippen molar-refractivity contribution in [1.29, 1.82) is 0 Å². The van der Waals surface area contributed by atoms with Gasteiger partial charge in [0.2, 0.25) is 5.88 Å². The molecule has 2 heterocycles. The van der Waals surface area contributed by atoms with E-state index >= 15 is 0 Å². The summed E-state index contributed by atoms with van der Waals surface area (Å²) in [5.41, 5.74) is 3.08. The van der Waals surface area contributed by atoms with Crippen LogP contribution in [-0.2, 0) is 11.2 Å². The van der Waals surface area contributed by atoms with Gasteiger partial charge >= 0.3 is 5.97 Å². The normalized spacial score (nSPS) is 10.8. The van der Waals surface area contributed by atoms with E-state index < -0.39 is 5.97 Å². The van der Waals surface area contributed by atoms with Crippen LogP contribution in [0.1, 0.15) is 5.56 Å². The van der Waals surface area contributed by atoms with E-state index in [9.17, 15) is 9.59 Å². The summed E-state index contributed by atoms with van der Waals surface area (Å²) in [5.74, 6) is -0.0902. The molecular formula is C24H20N2O5. The van der Waals surface area contributed by atoms with Crippen molar-refractivity contribution in [3.8, 4) is 34.0 Å². The number of hydrogen-bond donors (Lipinski definition) is 1. The Morgan fingerprint density at radius 2 is 1.68 bits per heavy atom. The summed E-state index contributed by atoms with van der Waals surface area (Å²) in [7, 11) is 3.01. The number of pyridine rings is 1. The van der Waals surface area contributed by atoms with E-state index in [0.29, 0.717) is 39.7 Å².